The predicted molar refractivity (Wildman–Crippen MR) is 11.5 cm³/mol. The van der Waals surface area contributed by atoms with E-state index in [0.717, 1.165) is 0 Å². The molecule has 0 heterocycles. The molecule has 0 fully saturated rings. The predicted octanol–water partition coefficient (Wildman–Crippen LogP) is -0.762. The fourth-order valence-electron chi connectivity index (χ4n) is 0. The molecule has 0 bridgehead atoms. The van der Waals surface area contributed by atoms with Gasteiger partial charge in [0.2, 0.25) is 0 Å². The number of hydrogen-bond donors (Lipinski definition) is 0. The molecule has 8 heavy (non-hydrogen) atoms. The molecule has 0 rings (SSSR count). The zero-order valence-corrected chi connectivity index (χ0v) is 23.1. The van der Waals surface area contributed by atoms with Gasteiger partial charge in [0.1, 0.15) is 0 Å². The Morgan fingerprint density at radius 1 is 1.00 bits per heavy atom. The van der Waals surface area contributed by atoms with Gasteiger partial charge in [0.15, 0.2) is 0 Å². The second-order valence-corrected chi connectivity index (χ2v) is 0. The van der Waals surface area contributed by atoms with E-state index in [-0.39, 0.29) is 321 Å². The van der Waals surface area contributed by atoms with Gasteiger partial charge in [-0.25, -0.2) is 0 Å². The van der Waals surface area contributed by atoms with Gasteiger partial charge in [-0.2, -0.15) is 0 Å². The Bertz CT molecular complexity index is 24.0. The van der Waals surface area contributed by atoms with Crippen LogP contribution in [0.4, 0.5) is 0 Å². The maximum atomic E-state index is 0. The summed E-state index contributed by atoms with van der Waals surface area (Å²) in [6.07, 6.45) is 0. The topological polar surface area (TPSA) is 0 Å². The molecule has 0 amide bonds. The van der Waals surface area contributed by atoms with Gasteiger partial charge < -0.3 is 0 Å². The quantitative estimate of drug-likeness (QED) is 0.281. The van der Waals surface area contributed by atoms with Gasteiger partial charge in [-0.3, -0.25) is 0 Å². The van der Waals surface area contributed by atoms with Gasteiger partial charge in [-0.05, 0) is 0 Å². The molecule has 0 saturated heterocycles. The fourth-order valence-corrected chi connectivity index (χ4v) is 0. The van der Waals surface area contributed by atoms with E-state index in [4.69, 9.17) is 0 Å². The first-order valence-corrected chi connectivity index (χ1v) is 0. The summed E-state index contributed by atoms with van der Waals surface area (Å²) in [4.78, 5) is 0. The molecule has 6 radical (unpaired) electrons. The van der Waals surface area contributed by atoms with E-state index in [1.165, 1.54) is 0 Å². The second-order valence-electron chi connectivity index (χ2n) is 0. The molecule has 0 unspecified atom stereocenters. The first kappa shape index (κ1) is 51.4. The van der Waals surface area contributed by atoms with Crippen molar-refractivity contribution in [3.8, 4) is 0 Å². The molecule has 0 aliphatic rings. The first-order valence-electron chi connectivity index (χ1n) is 0. The Balaban J connectivity index is 0. The van der Waals surface area contributed by atoms with E-state index in [0.29, 0.717) is 0 Å². The summed E-state index contributed by atoms with van der Waals surface area (Å²) in [7, 11) is 0. The van der Waals surface area contributed by atoms with Crippen molar-refractivity contribution in [2.75, 3.05) is 0 Å². The van der Waals surface area contributed by atoms with Crippen LogP contribution < -0.4 is 0 Å². The molecule has 54 valence electrons. The van der Waals surface area contributed by atoms with E-state index in [2.05, 4.69) is 0 Å². The third-order valence-electron chi connectivity index (χ3n) is 0. The summed E-state index contributed by atoms with van der Waals surface area (Å²) >= 11 is 0. The normalized spacial score (nSPS) is 0. The SMILES string of the molecule is [Eu].[Ho].[Li].[Lu].[Nd].[Rb].[Sm].[Tb]. The number of rotatable bonds is 0. The largest absolute Gasteiger partial charge is 0 e. The van der Waals surface area contributed by atoms with Gasteiger partial charge in [0.05, 0.1) is 0 Å². The summed E-state index contributed by atoms with van der Waals surface area (Å²) in [6.45, 7) is 0. The van der Waals surface area contributed by atoms with E-state index in [9.17, 15) is 0 Å². The summed E-state index contributed by atoms with van der Waals surface area (Å²) in [5.74, 6) is 0. The molecule has 0 nitrogen and oxygen atoms in total. The zero-order valence-electron chi connectivity index (χ0n) is 4.18. The zero-order chi connectivity index (χ0) is 0. The minimum absolute atomic E-state index is 0. The first-order chi connectivity index (χ1) is 0. The van der Waals surface area contributed by atoms with Crippen molar-refractivity contribution in [3.63, 3.8) is 0 Å². The molecular formula is EuHoLiLuNdRbSmTb. The summed E-state index contributed by atoms with van der Waals surface area (Å²) in [5.41, 5.74) is 0. The smallest absolute Gasteiger partial charge is 0 e. The molecule has 0 aromatic heterocycles. The van der Waals surface area contributed by atoms with E-state index < -0.39 is 0 Å². The third-order valence-corrected chi connectivity index (χ3v) is 0. The Morgan fingerprint density at radius 2 is 1.00 bits per heavy atom. The summed E-state index contributed by atoms with van der Waals surface area (Å²) in [5, 5.41) is 0. The molecule has 0 aliphatic carbocycles. The van der Waals surface area contributed by atoms with Crippen LogP contribution in [0.5, 0.6) is 0 Å². The summed E-state index contributed by atoms with van der Waals surface area (Å²) in [6, 6.07) is 0. The van der Waals surface area contributed by atoms with Crippen LogP contribution in [0.25, 0.3) is 0 Å². The van der Waals surface area contributed by atoms with Crippen molar-refractivity contribution in [2.24, 2.45) is 0 Å². The Morgan fingerprint density at radius 3 is 1.00 bits per heavy atom. The number of hydrogen-bond acceptors (Lipinski definition) is 0. The van der Waals surface area contributed by atoms with Gasteiger partial charge in [-0.15, -0.1) is 0 Å². The molecule has 0 atom stereocenters. The van der Waals surface area contributed by atoms with Crippen LogP contribution in [0.2, 0.25) is 0 Å². The van der Waals surface area contributed by atoms with Crippen LogP contribution in [0.15, 0.2) is 0 Å². The van der Waals surface area contributed by atoms with Gasteiger partial charge in [0, 0.05) is 321 Å². The molecule has 0 aromatic carbocycles. The van der Waals surface area contributed by atoms with Gasteiger partial charge in [0.25, 0.3) is 0 Å². The Labute approximate surface area is 308 Å². The standard InChI is InChI=1S/Eu.Ho.Li.Lu.Nd.Rb.Sm.Tb. The molecule has 0 aliphatic heterocycles. The minimum atomic E-state index is 0. The molecule has 0 spiro atoms. The van der Waals surface area contributed by atoms with Crippen LogP contribution in [-0.2, 0) is 0 Å². The average Bonchev–Trinajstić information content (AvgIpc) is 0. The van der Waals surface area contributed by atoms with Crippen molar-refractivity contribution < 1.29 is 244 Å². The van der Waals surface area contributed by atoms with Crippen LogP contribution in [0.1, 0.15) is 0 Å². The molecular weight excluding hydrogens is 1040 g/mol. The maximum absolute atomic E-state index is 0. The van der Waals surface area contributed by atoms with E-state index in [1.54, 1.807) is 0 Å². The van der Waals surface area contributed by atoms with Crippen molar-refractivity contribution in [1.29, 1.82) is 0 Å². The van der Waals surface area contributed by atoms with Gasteiger partial charge >= 0.3 is 0 Å². The van der Waals surface area contributed by atoms with Crippen LogP contribution in [0.3, 0.4) is 0 Å². The van der Waals surface area contributed by atoms with Crippen LogP contribution >= 0.6 is 0 Å². The van der Waals surface area contributed by atoms with E-state index in [1.807, 2.05) is 0 Å². The molecule has 0 saturated carbocycles. The summed E-state index contributed by atoms with van der Waals surface area (Å²) < 4.78 is 0. The van der Waals surface area contributed by atoms with Crippen LogP contribution in [-0.4, -0.2) is 77.0 Å². The Hall–Kier alpha value is 10.5. The molecule has 0 aromatic rings. The molecule has 0 N–H and O–H groups in total. The van der Waals surface area contributed by atoms with E-state index >= 15 is 0 Å². The van der Waals surface area contributed by atoms with Crippen molar-refractivity contribution in [2.45, 2.75) is 0 Å². The Kier molecular flexibility index (Phi) is 278. The van der Waals surface area contributed by atoms with Crippen LogP contribution in [0, 0.1) is 244 Å². The fraction of sp³-hybridized carbons (Fsp3) is 0. The van der Waals surface area contributed by atoms with Crippen molar-refractivity contribution in [3.05, 3.63) is 0 Å². The minimum Gasteiger partial charge on any atom is 0 e. The third kappa shape index (κ3) is 36.0. The second kappa shape index (κ2) is 43.2. The van der Waals surface area contributed by atoms with Crippen molar-refractivity contribution in [1.82, 2.24) is 0 Å². The van der Waals surface area contributed by atoms with Gasteiger partial charge in [-0.1, -0.05) is 0 Å². The average molecular weight is 1040 g/mol. The molecule has 8 heteroatoms. The maximum Gasteiger partial charge on any atom is 0 e. The monoisotopic (exact) mass is 1040 g/mol. The van der Waals surface area contributed by atoms with Crippen molar-refractivity contribution >= 4 is 77.0 Å².